The van der Waals surface area contributed by atoms with Crippen molar-refractivity contribution in [2.45, 2.75) is 18.9 Å². The van der Waals surface area contributed by atoms with Crippen LogP contribution in [0.25, 0.3) is 11.3 Å². The van der Waals surface area contributed by atoms with Gasteiger partial charge in [-0.25, -0.2) is 9.37 Å². The van der Waals surface area contributed by atoms with E-state index in [1.54, 1.807) is 36.4 Å². The van der Waals surface area contributed by atoms with Gasteiger partial charge in [0.1, 0.15) is 23.9 Å². The van der Waals surface area contributed by atoms with Crippen molar-refractivity contribution in [3.05, 3.63) is 70.6 Å². The highest BCUT2D eigenvalue weighted by Gasteiger charge is 2.17. The van der Waals surface area contributed by atoms with Gasteiger partial charge >= 0.3 is 0 Å². The molecule has 0 radical (unpaired) electrons. The van der Waals surface area contributed by atoms with E-state index >= 15 is 0 Å². The number of rotatable bonds is 11. The van der Waals surface area contributed by atoms with E-state index in [0.29, 0.717) is 46.2 Å². The number of ether oxygens (including phenoxy) is 3. The number of aliphatic hydroxyl groups is 1. The maximum absolute atomic E-state index is 13.6. The molecule has 0 spiro atoms. The second-order valence-corrected chi connectivity index (χ2v) is 7.83. The van der Waals surface area contributed by atoms with Gasteiger partial charge in [-0.1, -0.05) is 11.6 Å². The van der Waals surface area contributed by atoms with Crippen LogP contribution in [0.5, 0.6) is 17.2 Å². The third-order valence-corrected chi connectivity index (χ3v) is 5.48. The Morgan fingerprint density at radius 2 is 1.82 bits per heavy atom. The number of ketones is 1. The molecule has 0 aliphatic carbocycles. The lowest BCUT2D eigenvalue weighted by molar-refractivity contribution is 0.0977. The molecule has 0 saturated carbocycles. The maximum atomic E-state index is 13.6. The van der Waals surface area contributed by atoms with Crippen molar-refractivity contribution in [1.82, 2.24) is 4.98 Å². The van der Waals surface area contributed by atoms with E-state index in [2.05, 4.69) is 4.98 Å². The normalized spacial score (nSPS) is 11.7. The van der Waals surface area contributed by atoms with Crippen LogP contribution < -0.4 is 19.9 Å². The number of nitrogens with zero attached hydrogens (tertiary/aromatic N) is 1. The molecule has 1 aromatic heterocycles. The van der Waals surface area contributed by atoms with E-state index in [-0.39, 0.29) is 30.4 Å². The monoisotopic (exact) mass is 488 g/mol. The zero-order chi connectivity index (χ0) is 24.7. The fourth-order valence-electron chi connectivity index (χ4n) is 3.38. The number of nitrogens with two attached hydrogens (primary N) is 1. The van der Waals surface area contributed by atoms with Crippen molar-refractivity contribution in [1.29, 1.82) is 0 Å². The number of halogens is 2. The minimum atomic E-state index is -0.527. The summed E-state index contributed by atoms with van der Waals surface area (Å²) in [5, 5.41) is 8.90. The molecule has 9 heteroatoms. The Labute approximate surface area is 202 Å². The molecule has 1 heterocycles. The summed E-state index contributed by atoms with van der Waals surface area (Å²) >= 11 is 5.93. The Balaban J connectivity index is 1.74. The van der Waals surface area contributed by atoms with Gasteiger partial charge in [0.2, 0.25) is 0 Å². The summed E-state index contributed by atoms with van der Waals surface area (Å²) in [6, 6.07) is 12.1. The minimum Gasteiger partial charge on any atom is -0.494 e. The highest BCUT2D eigenvalue weighted by molar-refractivity contribution is 6.31. The molecule has 0 aliphatic heterocycles. The van der Waals surface area contributed by atoms with Crippen LogP contribution >= 0.6 is 11.6 Å². The molecule has 0 fully saturated rings. The summed E-state index contributed by atoms with van der Waals surface area (Å²) < 4.78 is 29.6. The van der Waals surface area contributed by atoms with Crippen LogP contribution in [0.2, 0.25) is 5.02 Å². The molecule has 180 valence electrons. The van der Waals surface area contributed by atoms with Gasteiger partial charge in [-0.2, -0.15) is 0 Å². The van der Waals surface area contributed by atoms with Crippen molar-refractivity contribution < 1.29 is 28.5 Å². The third-order valence-electron chi connectivity index (χ3n) is 5.19. The Morgan fingerprint density at radius 1 is 1.09 bits per heavy atom. The van der Waals surface area contributed by atoms with Gasteiger partial charge in [0.15, 0.2) is 17.3 Å². The zero-order valence-corrected chi connectivity index (χ0v) is 19.6. The quantitative estimate of drug-likeness (QED) is 0.380. The predicted molar refractivity (Wildman–Crippen MR) is 127 cm³/mol. The Bertz CT molecular complexity index is 1160. The molecular weight excluding hydrogens is 463 g/mol. The number of carbonyl (C=O) groups is 1. The number of aliphatic hydroxyl groups excluding tert-OH is 1. The molecule has 0 saturated heterocycles. The Kier molecular flexibility index (Phi) is 8.81. The van der Waals surface area contributed by atoms with Gasteiger partial charge < -0.3 is 25.1 Å². The summed E-state index contributed by atoms with van der Waals surface area (Å²) in [5.74, 6) is 0.705. The number of aromatic nitrogens is 1. The molecule has 7 nitrogen and oxygen atoms in total. The van der Waals surface area contributed by atoms with Crippen LogP contribution in [0.15, 0.2) is 48.5 Å². The van der Waals surface area contributed by atoms with E-state index in [1.807, 2.05) is 0 Å². The number of methoxy groups -OCH3 is 2. The molecule has 3 aromatic rings. The first-order valence-electron chi connectivity index (χ1n) is 10.6. The predicted octanol–water partition coefficient (Wildman–Crippen LogP) is 4.59. The molecule has 0 aliphatic rings. The van der Waals surface area contributed by atoms with Crippen molar-refractivity contribution in [2.24, 2.45) is 5.73 Å². The lowest BCUT2D eigenvalue weighted by Crippen LogP contribution is -2.14. The first-order chi connectivity index (χ1) is 16.4. The van der Waals surface area contributed by atoms with Crippen molar-refractivity contribution >= 4 is 17.4 Å². The molecule has 0 amide bonds. The molecule has 3 rings (SSSR count). The maximum Gasteiger partial charge on any atom is 0.163 e. The lowest BCUT2D eigenvalue weighted by Gasteiger charge is -2.15. The summed E-state index contributed by atoms with van der Waals surface area (Å²) in [5.41, 5.74) is 8.43. The van der Waals surface area contributed by atoms with Crippen LogP contribution in [0.1, 0.15) is 34.9 Å². The molecule has 34 heavy (non-hydrogen) atoms. The van der Waals surface area contributed by atoms with Crippen LogP contribution in [0.4, 0.5) is 4.39 Å². The van der Waals surface area contributed by atoms with E-state index in [0.717, 1.165) is 0 Å². The summed E-state index contributed by atoms with van der Waals surface area (Å²) in [4.78, 5) is 17.4. The first-order valence-corrected chi connectivity index (χ1v) is 11.0. The highest BCUT2D eigenvalue weighted by atomic mass is 35.5. The highest BCUT2D eigenvalue weighted by Crippen LogP contribution is 2.33. The SMILES string of the molecule is COc1cc(C(=O)CCC(N)c2ccc(OC)c(-c3ccc(F)c(Cl)c3)n2)ccc1OCCO. The van der Waals surface area contributed by atoms with Gasteiger partial charge in [0, 0.05) is 23.6 Å². The molecule has 1 atom stereocenters. The van der Waals surface area contributed by atoms with Gasteiger partial charge in [-0.15, -0.1) is 0 Å². The van der Waals surface area contributed by atoms with Crippen molar-refractivity contribution in [3.63, 3.8) is 0 Å². The average molecular weight is 489 g/mol. The Hall–Kier alpha value is -3.20. The molecular formula is C25H26ClFN2O5. The standard InChI is InChI=1S/C25H26ClFN2O5/c1-32-23-10-7-20(29-25(23)16-3-5-18(27)17(26)13-16)19(28)6-8-21(31)15-4-9-22(34-12-11-30)24(14-15)33-2/h3-5,7,9-10,13-14,19,30H,6,8,11-12,28H2,1-2H3. The lowest BCUT2D eigenvalue weighted by atomic mass is 10.0. The number of benzene rings is 2. The number of pyridine rings is 1. The summed E-state index contributed by atoms with van der Waals surface area (Å²) in [6.07, 6.45) is 0.541. The van der Waals surface area contributed by atoms with E-state index in [1.165, 1.54) is 26.4 Å². The number of carbonyl (C=O) groups excluding carboxylic acids is 1. The van der Waals surface area contributed by atoms with Crippen molar-refractivity contribution in [3.8, 4) is 28.5 Å². The topological polar surface area (TPSA) is 104 Å². The first kappa shape index (κ1) is 25.4. The number of Topliss-reactive ketones (excluding diaryl/α,β-unsaturated/α-hetero) is 1. The largest absolute Gasteiger partial charge is 0.494 e. The average Bonchev–Trinajstić information content (AvgIpc) is 2.86. The number of hydrogen-bond donors (Lipinski definition) is 2. The Morgan fingerprint density at radius 3 is 2.50 bits per heavy atom. The van der Waals surface area contributed by atoms with E-state index in [9.17, 15) is 9.18 Å². The van der Waals surface area contributed by atoms with E-state index in [4.69, 9.17) is 36.7 Å². The molecule has 1 unspecified atom stereocenters. The summed E-state index contributed by atoms with van der Waals surface area (Å²) in [7, 11) is 2.99. The van der Waals surface area contributed by atoms with Crippen molar-refractivity contribution in [2.75, 3.05) is 27.4 Å². The van der Waals surface area contributed by atoms with Gasteiger partial charge in [-0.3, -0.25) is 4.79 Å². The fourth-order valence-corrected chi connectivity index (χ4v) is 3.56. The number of hydrogen-bond acceptors (Lipinski definition) is 7. The van der Waals surface area contributed by atoms with Gasteiger partial charge in [0.05, 0.1) is 31.5 Å². The second kappa shape index (κ2) is 11.8. The molecule has 0 bridgehead atoms. The summed E-state index contributed by atoms with van der Waals surface area (Å²) in [6.45, 7) is -0.00346. The second-order valence-electron chi connectivity index (χ2n) is 7.42. The smallest absolute Gasteiger partial charge is 0.163 e. The minimum absolute atomic E-state index is 0.0233. The zero-order valence-electron chi connectivity index (χ0n) is 18.9. The van der Waals surface area contributed by atoms with E-state index < -0.39 is 11.9 Å². The van der Waals surface area contributed by atoms with Crippen LogP contribution in [0, 0.1) is 5.82 Å². The molecule has 3 N–H and O–H groups in total. The van der Waals surface area contributed by atoms with Crippen LogP contribution in [0.3, 0.4) is 0 Å². The van der Waals surface area contributed by atoms with Crippen LogP contribution in [-0.2, 0) is 0 Å². The van der Waals surface area contributed by atoms with Gasteiger partial charge in [0.25, 0.3) is 0 Å². The third kappa shape index (κ3) is 6.02. The fraction of sp³-hybridized carbons (Fsp3) is 0.280. The van der Waals surface area contributed by atoms with Crippen LogP contribution in [-0.4, -0.2) is 43.3 Å². The van der Waals surface area contributed by atoms with Gasteiger partial charge in [-0.05, 0) is 55.0 Å². The molecule has 2 aromatic carbocycles.